The van der Waals surface area contributed by atoms with E-state index in [1.807, 2.05) is 19.1 Å². The Morgan fingerprint density at radius 1 is 1.35 bits per heavy atom. The summed E-state index contributed by atoms with van der Waals surface area (Å²) in [5.74, 6) is -0.102. The molecule has 0 unspecified atom stereocenters. The van der Waals surface area contributed by atoms with E-state index in [9.17, 15) is 9.59 Å². The van der Waals surface area contributed by atoms with Gasteiger partial charge < -0.3 is 15.3 Å². The van der Waals surface area contributed by atoms with Crippen molar-refractivity contribution in [2.45, 2.75) is 25.8 Å². The number of aryl methyl sites for hydroxylation is 1. The zero-order valence-corrected chi connectivity index (χ0v) is 12.8. The van der Waals surface area contributed by atoms with Crippen molar-refractivity contribution in [3.63, 3.8) is 0 Å². The second kappa shape index (κ2) is 6.26. The van der Waals surface area contributed by atoms with E-state index in [1.165, 1.54) is 4.90 Å². The zero-order valence-electron chi connectivity index (χ0n) is 11.2. The van der Waals surface area contributed by atoms with Crippen molar-refractivity contribution >= 4 is 27.9 Å². The van der Waals surface area contributed by atoms with Crippen LogP contribution in [0.5, 0.6) is 0 Å². The maximum atomic E-state index is 12.1. The summed E-state index contributed by atoms with van der Waals surface area (Å²) in [6.45, 7) is 2.88. The summed E-state index contributed by atoms with van der Waals surface area (Å²) < 4.78 is 0.976. The van der Waals surface area contributed by atoms with Crippen molar-refractivity contribution in [2.75, 3.05) is 13.1 Å². The average Bonchev–Trinajstić information content (AvgIpc) is 2.42. The lowest BCUT2D eigenvalue weighted by atomic mass is 10.0. The number of carbonyl (C=O) groups is 2. The van der Waals surface area contributed by atoms with Gasteiger partial charge in [0.1, 0.15) is 0 Å². The van der Waals surface area contributed by atoms with Crippen molar-refractivity contribution in [3.05, 3.63) is 33.8 Å². The largest absolute Gasteiger partial charge is 0.465 e. The minimum Gasteiger partial charge on any atom is -0.465 e. The van der Waals surface area contributed by atoms with Gasteiger partial charge in [0.05, 0.1) is 0 Å². The monoisotopic (exact) mass is 340 g/mol. The number of carbonyl (C=O) groups excluding carboxylic acids is 1. The summed E-state index contributed by atoms with van der Waals surface area (Å²) in [4.78, 5) is 24.3. The minimum atomic E-state index is -0.890. The van der Waals surface area contributed by atoms with Crippen LogP contribution in [0.25, 0.3) is 0 Å². The van der Waals surface area contributed by atoms with Crippen LogP contribution in [0.1, 0.15) is 28.8 Å². The maximum absolute atomic E-state index is 12.1. The van der Waals surface area contributed by atoms with Crippen molar-refractivity contribution in [3.8, 4) is 0 Å². The summed E-state index contributed by atoms with van der Waals surface area (Å²) in [6, 6.07) is 5.52. The first-order valence-corrected chi connectivity index (χ1v) is 7.31. The number of amides is 2. The van der Waals surface area contributed by atoms with Gasteiger partial charge in [-0.3, -0.25) is 4.79 Å². The Hall–Kier alpha value is -1.56. The van der Waals surface area contributed by atoms with Crippen molar-refractivity contribution in [1.82, 2.24) is 10.2 Å². The third-order valence-corrected chi connectivity index (χ3v) is 4.41. The third-order valence-electron chi connectivity index (χ3n) is 3.52. The van der Waals surface area contributed by atoms with Crippen LogP contribution in [0.3, 0.4) is 0 Å². The highest BCUT2D eigenvalue weighted by molar-refractivity contribution is 9.10. The average molecular weight is 341 g/mol. The van der Waals surface area contributed by atoms with Gasteiger partial charge in [-0.25, -0.2) is 4.79 Å². The Bertz CT molecular complexity index is 525. The van der Waals surface area contributed by atoms with E-state index in [0.717, 1.165) is 10.0 Å². The molecule has 1 aliphatic heterocycles. The Labute approximate surface area is 126 Å². The van der Waals surface area contributed by atoms with E-state index in [0.29, 0.717) is 31.5 Å². The number of rotatable bonds is 2. The van der Waals surface area contributed by atoms with Gasteiger partial charge in [-0.15, -0.1) is 0 Å². The number of nitrogens with zero attached hydrogens (tertiary/aromatic N) is 1. The summed E-state index contributed by atoms with van der Waals surface area (Å²) in [5, 5.41) is 11.8. The topological polar surface area (TPSA) is 69.6 Å². The normalized spacial score (nSPS) is 16.0. The van der Waals surface area contributed by atoms with Crippen molar-refractivity contribution in [2.24, 2.45) is 0 Å². The molecule has 108 valence electrons. The van der Waals surface area contributed by atoms with Gasteiger partial charge in [-0.2, -0.15) is 0 Å². The SMILES string of the molecule is Cc1cc(C(=O)NC2CCN(C(=O)O)CC2)ccc1Br. The molecule has 0 atom stereocenters. The van der Waals surface area contributed by atoms with Crippen LogP contribution in [-0.4, -0.2) is 41.1 Å². The van der Waals surface area contributed by atoms with Gasteiger partial charge in [0.25, 0.3) is 5.91 Å². The first-order valence-electron chi connectivity index (χ1n) is 6.52. The fraction of sp³-hybridized carbons (Fsp3) is 0.429. The van der Waals surface area contributed by atoms with Crippen molar-refractivity contribution < 1.29 is 14.7 Å². The summed E-state index contributed by atoms with van der Waals surface area (Å²) in [5.41, 5.74) is 1.64. The highest BCUT2D eigenvalue weighted by Crippen LogP contribution is 2.18. The number of hydrogen-bond donors (Lipinski definition) is 2. The van der Waals surface area contributed by atoms with Gasteiger partial charge in [0, 0.05) is 29.2 Å². The molecule has 5 nitrogen and oxygen atoms in total. The van der Waals surface area contributed by atoms with E-state index in [2.05, 4.69) is 21.2 Å². The summed E-state index contributed by atoms with van der Waals surface area (Å²) in [6.07, 6.45) is 0.430. The van der Waals surface area contributed by atoms with Crippen LogP contribution >= 0.6 is 15.9 Å². The van der Waals surface area contributed by atoms with E-state index >= 15 is 0 Å². The number of nitrogens with one attached hydrogen (secondary N) is 1. The van der Waals surface area contributed by atoms with Crippen LogP contribution in [0.2, 0.25) is 0 Å². The Balaban J connectivity index is 1.92. The molecule has 1 heterocycles. The smallest absolute Gasteiger partial charge is 0.407 e. The molecule has 1 aliphatic rings. The van der Waals surface area contributed by atoms with Gasteiger partial charge in [0.2, 0.25) is 0 Å². The van der Waals surface area contributed by atoms with E-state index < -0.39 is 6.09 Å². The molecule has 0 saturated carbocycles. The molecular formula is C14H17BrN2O3. The number of benzene rings is 1. The van der Waals surface area contributed by atoms with E-state index in [1.54, 1.807) is 6.07 Å². The quantitative estimate of drug-likeness (QED) is 0.869. The number of carboxylic acid groups (broad SMARTS) is 1. The molecule has 1 aromatic rings. The Morgan fingerprint density at radius 3 is 2.55 bits per heavy atom. The second-order valence-electron chi connectivity index (χ2n) is 4.98. The molecule has 0 radical (unpaired) electrons. The predicted octanol–water partition coefficient (Wildman–Crippen LogP) is 2.63. The molecule has 6 heteroatoms. The fourth-order valence-corrected chi connectivity index (χ4v) is 2.52. The Kier molecular flexibility index (Phi) is 4.65. The third kappa shape index (κ3) is 3.50. The Morgan fingerprint density at radius 2 is 2.00 bits per heavy atom. The first-order chi connectivity index (χ1) is 9.47. The highest BCUT2D eigenvalue weighted by Gasteiger charge is 2.23. The standard InChI is InChI=1S/C14H17BrN2O3/c1-9-8-10(2-3-12(9)15)13(18)16-11-4-6-17(7-5-11)14(19)20/h2-3,8,11H,4-7H2,1H3,(H,16,18)(H,19,20). The van der Waals surface area contributed by atoms with Crippen LogP contribution in [0.15, 0.2) is 22.7 Å². The summed E-state index contributed by atoms with van der Waals surface area (Å²) >= 11 is 3.40. The number of piperidine rings is 1. The molecule has 0 aliphatic carbocycles. The molecular weight excluding hydrogens is 324 g/mol. The van der Waals surface area contributed by atoms with Gasteiger partial charge in [0.15, 0.2) is 0 Å². The zero-order chi connectivity index (χ0) is 14.7. The maximum Gasteiger partial charge on any atom is 0.407 e. The predicted molar refractivity (Wildman–Crippen MR) is 79.0 cm³/mol. The molecule has 1 saturated heterocycles. The molecule has 1 aromatic carbocycles. The molecule has 1 fully saturated rings. The minimum absolute atomic E-state index is 0.0436. The molecule has 20 heavy (non-hydrogen) atoms. The number of hydrogen-bond acceptors (Lipinski definition) is 2. The van der Waals surface area contributed by atoms with E-state index in [4.69, 9.17) is 5.11 Å². The molecule has 2 rings (SSSR count). The molecule has 2 N–H and O–H groups in total. The van der Waals surface area contributed by atoms with Gasteiger partial charge in [-0.05, 0) is 43.5 Å². The molecule has 2 amide bonds. The number of halogens is 1. The second-order valence-corrected chi connectivity index (χ2v) is 5.84. The lowest BCUT2D eigenvalue weighted by Gasteiger charge is -2.30. The highest BCUT2D eigenvalue weighted by atomic mass is 79.9. The van der Waals surface area contributed by atoms with Crippen LogP contribution in [0.4, 0.5) is 4.79 Å². The number of likely N-dealkylation sites (tertiary alicyclic amines) is 1. The van der Waals surface area contributed by atoms with Crippen LogP contribution < -0.4 is 5.32 Å². The lowest BCUT2D eigenvalue weighted by molar-refractivity contribution is 0.0907. The molecule has 0 aromatic heterocycles. The van der Waals surface area contributed by atoms with Gasteiger partial charge in [-0.1, -0.05) is 15.9 Å². The fourth-order valence-electron chi connectivity index (χ4n) is 2.27. The molecule has 0 bridgehead atoms. The first kappa shape index (κ1) is 14.8. The van der Waals surface area contributed by atoms with Gasteiger partial charge >= 0.3 is 6.09 Å². The van der Waals surface area contributed by atoms with Crippen molar-refractivity contribution in [1.29, 1.82) is 0 Å². The van der Waals surface area contributed by atoms with E-state index in [-0.39, 0.29) is 11.9 Å². The lowest BCUT2D eigenvalue weighted by Crippen LogP contribution is -2.46. The summed E-state index contributed by atoms with van der Waals surface area (Å²) in [7, 11) is 0. The van der Waals surface area contributed by atoms with Crippen LogP contribution in [0, 0.1) is 6.92 Å². The molecule has 0 spiro atoms. The van der Waals surface area contributed by atoms with Crippen LogP contribution in [-0.2, 0) is 0 Å².